The third-order valence-electron chi connectivity index (χ3n) is 2.59. The van der Waals surface area contributed by atoms with E-state index in [1.807, 2.05) is 13.0 Å². The number of aryl methyl sites for hydroxylation is 1. The molecule has 0 spiro atoms. The van der Waals surface area contributed by atoms with E-state index in [2.05, 4.69) is 32.7 Å². The second kappa shape index (κ2) is 6.60. The maximum absolute atomic E-state index is 12.0. The zero-order valence-corrected chi connectivity index (χ0v) is 11.6. The van der Waals surface area contributed by atoms with Gasteiger partial charge in [0.15, 0.2) is 5.69 Å². The van der Waals surface area contributed by atoms with Gasteiger partial charge in [0.1, 0.15) is 5.82 Å². The highest BCUT2D eigenvalue weighted by Gasteiger charge is 2.08. The number of carbonyl (C=O) groups excluding carboxylic acids is 1. The van der Waals surface area contributed by atoms with Crippen molar-refractivity contribution in [3.63, 3.8) is 0 Å². The molecule has 0 fully saturated rings. The largest absolute Gasteiger partial charge is 0.369 e. The molecule has 0 saturated carbocycles. The molecule has 0 unspecified atom stereocenters. The van der Waals surface area contributed by atoms with Gasteiger partial charge < -0.3 is 10.6 Å². The molecule has 2 aromatic heterocycles. The summed E-state index contributed by atoms with van der Waals surface area (Å²) in [5.41, 5.74) is 1.89. The molecule has 0 saturated heterocycles. The van der Waals surface area contributed by atoms with Crippen LogP contribution in [0.25, 0.3) is 0 Å². The van der Waals surface area contributed by atoms with Crippen molar-refractivity contribution in [2.45, 2.75) is 20.3 Å². The molecule has 0 aromatic carbocycles. The van der Waals surface area contributed by atoms with Crippen molar-refractivity contribution in [2.75, 3.05) is 17.2 Å². The molecule has 6 nitrogen and oxygen atoms in total. The van der Waals surface area contributed by atoms with E-state index < -0.39 is 0 Å². The molecule has 0 aliphatic carbocycles. The monoisotopic (exact) mass is 271 g/mol. The summed E-state index contributed by atoms with van der Waals surface area (Å²) in [6.45, 7) is 4.81. The summed E-state index contributed by atoms with van der Waals surface area (Å²) in [5, 5.41) is 13.7. The molecule has 0 atom stereocenters. The maximum atomic E-state index is 12.0. The predicted octanol–water partition coefficient (Wildman–Crippen LogP) is 2.25. The molecule has 0 radical (unpaired) electrons. The molecule has 6 heteroatoms. The first-order valence-electron chi connectivity index (χ1n) is 6.49. The number of hydrogen-bond acceptors (Lipinski definition) is 5. The number of hydrogen-bond donors (Lipinski definition) is 2. The lowest BCUT2D eigenvalue weighted by atomic mass is 10.3. The predicted molar refractivity (Wildman–Crippen MR) is 77.7 cm³/mol. The zero-order chi connectivity index (χ0) is 14.4. The molecule has 20 heavy (non-hydrogen) atoms. The summed E-state index contributed by atoms with van der Waals surface area (Å²) in [4.78, 5) is 16.0. The third-order valence-corrected chi connectivity index (χ3v) is 2.59. The van der Waals surface area contributed by atoms with Crippen LogP contribution in [0.4, 0.5) is 11.5 Å². The van der Waals surface area contributed by atoms with Gasteiger partial charge in [0.25, 0.3) is 5.91 Å². The van der Waals surface area contributed by atoms with Crippen LogP contribution in [0, 0.1) is 6.92 Å². The topological polar surface area (TPSA) is 79.8 Å². The fourth-order valence-electron chi connectivity index (χ4n) is 1.62. The zero-order valence-electron chi connectivity index (χ0n) is 11.6. The van der Waals surface area contributed by atoms with Gasteiger partial charge in [0, 0.05) is 12.7 Å². The summed E-state index contributed by atoms with van der Waals surface area (Å²) in [7, 11) is 0. The van der Waals surface area contributed by atoms with Crippen molar-refractivity contribution in [3.05, 3.63) is 41.9 Å². The lowest BCUT2D eigenvalue weighted by Gasteiger charge is -2.06. The van der Waals surface area contributed by atoms with Crippen LogP contribution in [0.1, 0.15) is 29.4 Å². The minimum Gasteiger partial charge on any atom is -0.369 e. The van der Waals surface area contributed by atoms with Gasteiger partial charge in [0.2, 0.25) is 0 Å². The SMILES string of the molecule is CCCNc1ccc(C(=O)Nc2cncc(C)c2)nn1. The van der Waals surface area contributed by atoms with Gasteiger partial charge in [-0.1, -0.05) is 6.92 Å². The van der Waals surface area contributed by atoms with E-state index in [1.54, 1.807) is 24.5 Å². The van der Waals surface area contributed by atoms with E-state index in [0.29, 0.717) is 11.5 Å². The third kappa shape index (κ3) is 3.74. The molecule has 104 valence electrons. The number of nitrogens with zero attached hydrogens (tertiary/aromatic N) is 3. The van der Waals surface area contributed by atoms with Crippen LogP contribution in [0.2, 0.25) is 0 Å². The minimum absolute atomic E-state index is 0.272. The first-order chi connectivity index (χ1) is 9.69. The number of rotatable bonds is 5. The average molecular weight is 271 g/mol. The van der Waals surface area contributed by atoms with Crippen LogP contribution in [-0.4, -0.2) is 27.6 Å². The molecule has 2 heterocycles. The number of aromatic nitrogens is 3. The molecule has 0 aliphatic rings. The van der Waals surface area contributed by atoms with Gasteiger partial charge >= 0.3 is 0 Å². The van der Waals surface area contributed by atoms with E-state index in [9.17, 15) is 4.79 Å². The average Bonchev–Trinajstić information content (AvgIpc) is 2.45. The molecule has 1 amide bonds. The summed E-state index contributed by atoms with van der Waals surface area (Å²) in [6.07, 6.45) is 4.32. The normalized spacial score (nSPS) is 10.1. The lowest BCUT2D eigenvalue weighted by molar-refractivity contribution is 0.102. The Morgan fingerprint density at radius 1 is 1.25 bits per heavy atom. The Kier molecular flexibility index (Phi) is 4.60. The van der Waals surface area contributed by atoms with Gasteiger partial charge in [-0.2, -0.15) is 0 Å². The van der Waals surface area contributed by atoms with Crippen LogP contribution < -0.4 is 10.6 Å². The van der Waals surface area contributed by atoms with E-state index in [0.717, 1.165) is 18.5 Å². The Labute approximate surface area is 117 Å². The molecule has 2 N–H and O–H groups in total. The Hall–Kier alpha value is -2.50. The Balaban J connectivity index is 2.02. The summed E-state index contributed by atoms with van der Waals surface area (Å²) in [5.74, 6) is 0.368. The van der Waals surface area contributed by atoms with Crippen molar-refractivity contribution in [1.29, 1.82) is 0 Å². The minimum atomic E-state index is -0.299. The van der Waals surface area contributed by atoms with Crippen LogP contribution in [0.5, 0.6) is 0 Å². The highest BCUT2D eigenvalue weighted by molar-refractivity contribution is 6.02. The molecular formula is C14H17N5O. The van der Waals surface area contributed by atoms with Gasteiger partial charge in [0.05, 0.1) is 11.9 Å². The quantitative estimate of drug-likeness (QED) is 0.872. The van der Waals surface area contributed by atoms with E-state index in [-0.39, 0.29) is 11.6 Å². The van der Waals surface area contributed by atoms with Crippen LogP contribution in [0.15, 0.2) is 30.6 Å². The fraction of sp³-hybridized carbons (Fsp3) is 0.286. The highest BCUT2D eigenvalue weighted by Crippen LogP contribution is 2.09. The molecular weight excluding hydrogens is 254 g/mol. The van der Waals surface area contributed by atoms with Gasteiger partial charge in [-0.05, 0) is 37.1 Å². The highest BCUT2D eigenvalue weighted by atomic mass is 16.1. The van der Waals surface area contributed by atoms with Crippen LogP contribution >= 0.6 is 0 Å². The molecule has 2 aromatic rings. The Bertz CT molecular complexity index is 582. The number of pyridine rings is 1. The van der Waals surface area contributed by atoms with Gasteiger partial charge in [-0.15, -0.1) is 10.2 Å². The van der Waals surface area contributed by atoms with Crippen molar-refractivity contribution in [1.82, 2.24) is 15.2 Å². The molecule has 0 aliphatic heterocycles. The summed E-state index contributed by atoms with van der Waals surface area (Å²) in [6, 6.07) is 5.23. The second-order valence-corrected chi connectivity index (χ2v) is 4.44. The van der Waals surface area contributed by atoms with E-state index in [4.69, 9.17) is 0 Å². The lowest BCUT2D eigenvalue weighted by Crippen LogP contribution is -2.15. The van der Waals surface area contributed by atoms with Crippen molar-refractivity contribution < 1.29 is 4.79 Å². The number of carbonyl (C=O) groups is 1. The number of amides is 1. The smallest absolute Gasteiger partial charge is 0.276 e. The first-order valence-corrected chi connectivity index (χ1v) is 6.49. The molecule has 0 bridgehead atoms. The van der Waals surface area contributed by atoms with Crippen LogP contribution in [-0.2, 0) is 0 Å². The van der Waals surface area contributed by atoms with E-state index >= 15 is 0 Å². The van der Waals surface area contributed by atoms with E-state index in [1.165, 1.54) is 0 Å². The van der Waals surface area contributed by atoms with Crippen molar-refractivity contribution >= 4 is 17.4 Å². The maximum Gasteiger partial charge on any atom is 0.276 e. The van der Waals surface area contributed by atoms with Crippen molar-refractivity contribution in [3.8, 4) is 0 Å². The van der Waals surface area contributed by atoms with Crippen molar-refractivity contribution in [2.24, 2.45) is 0 Å². The van der Waals surface area contributed by atoms with Gasteiger partial charge in [-0.25, -0.2) is 0 Å². The standard InChI is InChI=1S/C14H17N5O/c1-3-6-16-13-5-4-12(18-19-13)14(20)17-11-7-10(2)8-15-9-11/h4-5,7-9H,3,6H2,1-2H3,(H,16,19)(H,17,20). The summed E-state index contributed by atoms with van der Waals surface area (Å²) < 4.78 is 0. The first kappa shape index (κ1) is 13.9. The number of anilines is 2. The Morgan fingerprint density at radius 3 is 2.75 bits per heavy atom. The fourth-order valence-corrected chi connectivity index (χ4v) is 1.62. The number of nitrogens with one attached hydrogen (secondary N) is 2. The Morgan fingerprint density at radius 2 is 2.10 bits per heavy atom. The second-order valence-electron chi connectivity index (χ2n) is 4.44. The van der Waals surface area contributed by atoms with Crippen LogP contribution in [0.3, 0.4) is 0 Å². The van der Waals surface area contributed by atoms with Gasteiger partial charge in [-0.3, -0.25) is 9.78 Å². The summed E-state index contributed by atoms with van der Waals surface area (Å²) >= 11 is 0. The molecule has 2 rings (SSSR count).